The molecule has 2 amide bonds. The molecule has 6 nitrogen and oxygen atoms in total. The van der Waals surface area contributed by atoms with Crippen LogP contribution in [0.5, 0.6) is 11.5 Å². The number of nitrogens with one attached hydrogen (secondary N) is 2. The highest BCUT2D eigenvalue weighted by molar-refractivity contribution is 5.95. The lowest BCUT2D eigenvalue weighted by molar-refractivity contribution is 0.0931. The number of nitrogens with zero attached hydrogens (tertiary/aromatic N) is 1. The summed E-state index contributed by atoms with van der Waals surface area (Å²) in [5, 5.41) is 5.76. The molecule has 0 saturated carbocycles. The number of ether oxygens (including phenoxy) is 1. The molecule has 1 aromatic heterocycles. The fourth-order valence-corrected chi connectivity index (χ4v) is 4.50. The maximum Gasteiger partial charge on any atom is 0.269 e. The number of carbonyl (C=O) groups is 2. The van der Waals surface area contributed by atoms with E-state index in [9.17, 15) is 9.59 Å². The van der Waals surface area contributed by atoms with Gasteiger partial charge in [-0.15, -0.1) is 0 Å². The minimum absolute atomic E-state index is 0.0508. The molecule has 180 valence electrons. The lowest BCUT2D eigenvalue weighted by atomic mass is 9.88. The molecule has 2 N–H and O–H groups in total. The van der Waals surface area contributed by atoms with Crippen molar-refractivity contribution in [2.24, 2.45) is 0 Å². The Morgan fingerprint density at radius 1 is 0.833 bits per heavy atom. The summed E-state index contributed by atoms with van der Waals surface area (Å²) < 4.78 is 6.01. The van der Waals surface area contributed by atoms with Gasteiger partial charge in [-0.05, 0) is 71.8 Å². The number of aryl methyl sites for hydroxylation is 1. The van der Waals surface area contributed by atoms with Gasteiger partial charge in [0.05, 0.1) is 0 Å². The van der Waals surface area contributed by atoms with Crippen molar-refractivity contribution >= 4 is 11.8 Å². The van der Waals surface area contributed by atoms with E-state index in [1.54, 1.807) is 25.4 Å². The third-order valence-electron chi connectivity index (χ3n) is 6.42. The van der Waals surface area contributed by atoms with Crippen LogP contribution in [0.25, 0.3) is 11.1 Å². The first-order valence-electron chi connectivity index (χ1n) is 12.0. The topological polar surface area (TPSA) is 80.3 Å². The maximum atomic E-state index is 12.9. The van der Waals surface area contributed by atoms with Crippen LogP contribution in [0.2, 0.25) is 0 Å². The Morgan fingerprint density at radius 2 is 1.58 bits per heavy atom. The largest absolute Gasteiger partial charge is 0.457 e. The smallest absolute Gasteiger partial charge is 0.269 e. The van der Waals surface area contributed by atoms with Crippen molar-refractivity contribution in [3.63, 3.8) is 0 Å². The first-order chi connectivity index (χ1) is 17.6. The highest BCUT2D eigenvalue weighted by atomic mass is 16.5. The van der Waals surface area contributed by atoms with Crippen LogP contribution in [0.4, 0.5) is 0 Å². The van der Waals surface area contributed by atoms with E-state index in [0.29, 0.717) is 22.8 Å². The summed E-state index contributed by atoms with van der Waals surface area (Å²) in [6.45, 7) is 0. The van der Waals surface area contributed by atoms with E-state index in [-0.39, 0.29) is 17.9 Å². The first-order valence-corrected chi connectivity index (χ1v) is 12.0. The first kappa shape index (κ1) is 23.3. The number of fused-ring (bicyclic) bond motifs is 1. The number of pyridine rings is 1. The van der Waals surface area contributed by atoms with Gasteiger partial charge in [0.1, 0.15) is 17.2 Å². The van der Waals surface area contributed by atoms with Gasteiger partial charge >= 0.3 is 0 Å². The summed E-state index contributed by atoms with van der Waals surface area (Å²) in [7, 11) is 1.57. The summed E-state index contributed by atoms with van der Waals surface area (Å²) in [6, 6.07) is 27.3. The molecular formula is C30H27N3O3. The number of amides is 2. The molecule has 1 heterocycles. The SMILES string of the molecule is CNC(=O)c1cc(Oc2ccc3c(c2)CC(NC(=O)c2ccc(-c4ccccc4)cc2)CC3)ccn1. The predicted octanol–water partition coefficient (Wildman–Crippen LogP) is 5.19. The fraction of sp³-hybridized carbons (Fsp3) is 0.167. The van der Waals surface area contributed by atoms with Crippen LogP contribution >= 0.6 is 0 Å². The molecule has 0 saturated heterocycles. The van der Waals surface area contributed by atoms with Crippen LogP contribution in [0.15, 0.2) is 91.1 Å². The normalized spacial score (nSPS) is 14.4. The van der Waals surface area contributed by atoms with Crippen LogP contribution < -0.4 is 15.4 Å². The van der Waals surface area contributed by atoms with Crippen LogP contribution in [0.3, 0.4) is 0 Å². The average molecular weight is 478 g/mol. The average Bonchev–Trinajstić information content (AvgIpc) is 2.93. The summed E-state index contributed by atoms with van der Waals surface area (Å²) in [5.74, 6) is 0.905. The quantitative estimate of drug-likeness (QED) is 0.401. The van der Waals surface area contributed by atoms with E-state index < -0.39 is 0 Å². The molecule has 6 heteroatoms. The Hall–Kier alpha value is -4.45. The molecule has 36 heavy (non-hydrogen) atoms. The fourth-order valence-electron chi connectivity index (χ4n) is 4.50. The summed E-state index contributed by atoms with van der Waals surface area (Å²) in [6.07, 6.45) is 4.07. The third kappa shape index (κ3) is 5.28. The number of carbonyl (C=O) groups excluding carboxylic acids is 2. The van der Waals surface area contributed by atoms with Crippen LogP contribution in [0.1, 0.15) is 38.4 Å². The Labute approximate surface area is 210 Å². The van der Waals surface area contributed by atoms with E-state index in [0.717, 1.165) is 36.0 Å². The van der Waals surface area contributed by atoms with E-state index in [1.165, 1.54) is 5.56 Å². The molecule has 0 radical (unpaired) electrons. The Bertz CT molecular complexity index is 1380. The lowest BCUT2D eigenvalue weighted by Crippen LogP contribution is -2.38. The molecule has 1 aliphatic rings. The van der Waals surface area contributed by atoms with Gasteiger partial charge in [-0.3, -0.25) is 14.6 Å². The van der Waals surface area contributed by atoms with Crippen molar-refractivity contribution in [3.8, 4) is 22.6 Å². The van der Waals surface area contributed by atoms with Gasteiger partial charge in [-0.1, -0.05) is 48.5 Å². The van der Waals surface area contributed by atoms with E-state index >= 15 is 0 Å². The zero-order valence-electron chi connectivity index (χ0n) is 20.0. The maximum absolute atomic E-state index is 12.9. The van der Waals surface area contributed by atoms with Crippen molar-refractivity contribution in [1.29, 1.82) is 0 Å². The molecule has 0 bridgehead atoms. The third-order valence-corrected chi connectivity index (χ3v) is 6.42. The molecule has 1 aliphatic carbocycles. The second-order valence-corrected chi connectivity index (χ2v) is 8.85. The minimum atomic E-state index is -0.265. The lowest BCUT2D eigenvalue weighted by Gasteiger charge is -2.26. The van der Waals surface area contributed by atoms with Crippen molar-refractivity contribution in [2.75, 3.05) is 7.05 Å². The van der Waals surface area contributed by atoms with Gasteiger partial charge in [0, 0.05) is 30.9 Å². The molecule has 1 unspecified atom stereocenters. The number of hydrogen-bond donors (Lipinski definition) is 2. The Morgan fingerprint density at radius 3 is 2.36 bits per heavy atom. The molecule has 3 aromatic carbocycles. The molecule has 1 atom stereocenters. The Kier molecular flexibility index (Phi) is 6.76. The van der Waals surface area contributed by atoms with E-state index in [2.05, 4.69) is 33.8 Å². The van der Waals surface area contributed by atoms with Crippen molar-refractivity contribution < 1.29 is 14.3 Å². The molecule has 5 rings (SSSR count). The minimum Gasteiger partial charge on any atom is -0.457 e. The molecule has 0 fully saturated rings. The van der Waals surface area contributed by atoms with Gasteiger partial charge in [-0.25, -0.2) is 0 Å². The monoisotopic (exact) mass is 477 g/mol. The number of rotatable bonds is 6. The van der Waals surface area contributed by atoms with Gasteiger partial charge in [0.2, 0.25) is 0 Å². The second-order valence-electron chi connectivity index (χ2n) is 8.85. The standard InChI is InChI=1S/C30H27N3O3/c1-31-30(35)28-19-27(15-16-32-28)36-26-14-12-22-11-13-25(17-24(22)18-26)33-29(34)23-9-7-21(8-10-23)20-5-3-2-4-6-20/h2-10,12,14-16,18-19,25H,11,13,17H2,1H3,(H,31,35)(H,33,34). The molecular weight excluding hydrogens is 450 g/mol. The van der Waals surface area contributed by atoms with E-state index in [1.807, 2.05) is 54.6 Å². The van der Waals surface area contributed by atoms with Crippen LogP contribution in [-0.2, 0) is 12.8 Å². The van der Waals surface area contributed by atoms with Crippen molar-refractivity contribution in [2.45, 2.75) is 25.3 Å². The summed E-state index contributed by atoms with van der Waals surface area (Å²) >= 11 is 0. The molecule has 4 aromatic rings. The number of hydrogen-bond acceptors (Lipinski definition) is 4. The summed E-state index contributed by atoms with van der Waals surface area (Å²) in [4.78, 5) is 28.8. The van der Waals surface area contributed by atoms with Crippen LogP contribution in [0, 0.1) is 0 Å². The van der Waals surface area contributed by atoms with E-state index in [4.69, 9.17) is 4.74 Å². The zero-order valence-corrected chi connectivity index (χ0v) is 20.0. The summed E-state index contributed by atoms with van der Waals surface area (Å²) in [5.41, 5.74) is 5.59. The highest BCUT2D eigenvalue weighted by Crippen LogP contribution is 2.29. The predicted molar refractivity (Wildman–Crippen MR) is 139 cm³/mol. The zero-order chi connectivity index (χ0) is 24.9. The van der Waals surface area contributed by atoms with Gasteiger partial charge in [0.15, 0.2) is 0 Å². The molecule has 0 spiro atoms. The highest BCUT2D eigenvalue weighted by Gasteiger charge is 2.21. The van der Waals surface area contributed by atoms with Crippen LogP contribution in [-0.4, -0.2) is 29.9 Å². The van der Waals surface area contributed by atoms with Gasteiger partial charge in [0.25, 0.3) is 11.8 Å². The van der Waals surface area contributed by atoms with Crippen molar-refractivity contribution in [1.82, 2.24) is 15.6 Å². The Balaban J connectivity index is 1.24. The molecule has 0 aliphatic heterocycles. The van der Waals surface area contributed by atoms with Gasteiger partial charge < -0.3 is 15.4 Å². The second kappa shape index (κ2) is 10.4. The van der Waals surface area contributed by atoms with Crippen molar-refractivity contribution in [3.05, 3.63) is 114 Å². The van der Waals surface area contributed by atoms with Gasteiger partial charge in [-0.2, -0.15) is 0 Å². The number of aromatic nitrogens is 1. The number of benzene rings is 3.